The Morgan fingerprint density at radius 2 is 2.06 bits per heavy atom. The molecule has 0 aromatic rings. The van der Waals surface area contributed by atoms with Gasteiger partial charge < -0.3 is 10.0 Å². The van der Waals surface area contributed by atoms with Crippen LogP contribution in [0.5, 0.6) is 0 Å². The molecule has 0 aliphatic carbocycles. The zero-order chi connectivity index (χ0) is 13.1. The van der Waals surface area contributed by atoms with Gasteiger partial charge in [-0.1, -0.05) is 0 Å². The molecule has 1 saturated heterocycles. The predicted molar refractivity (Wildman–Crippen MR) is 56.8 cm³/mol. The summed E-state index contributed by atoms with van der Waals surface area (Å²) in [5.74, 6) is -5.00. The Hall–Kier alpha value is -1.20. The molecule has 1 N–H and O–H groups in total. The maximum Gasteiger partial charge on any atom is 0.303 e. The summed E-state index contributed by atoms with van der Waals surface area (Å²) in [5, 5.41) is 8.45. The topological polar surface area (TPSA) is 57.6 Å². The molecule has 0 radical (unpaired) electrons. The summed E-state index contributed by atoms with van der Waals surface area (Å²) in [4.78, 5) is 23.3. The molecule has 6 heteroatoms. The van der Waals surface area contributed by atoms with E-state index in [1.165, 1.54) is 4.90 Å². The summed E-state index contributed by atoms with van der Waals surface area (Å²) in [6.45, 7) is 1.34. The van der Waals surface area contributed by atoms with E-state index in [-0.39, 0.29) is 25.3 Å². The summed E-state index contributed by atoms with van der Waals surface area (Å²) in [6, 6.07) is 0. The number of hydrogen-bond acceptors (Lipinski definition) is 2. The third kappa shape index (κ3) is 4.28. The highest BCUT2D eigenvalue weighted by Gasteiger charge is 2.38. The Kier molecular flexibility index (Phi) is 4.42. The number of piperidine rings is 1. The van der Waals surface area contributed by atoms with E-state index >= 15 is 0 Å². The number of nitrogens with zero attached hydrogens (tertiary/aromatic N) is 1. The summed E-state index contributed by atoms with van der Waals surface area (Å²) in [6.07, 6.45) is 0.596. The van der Waals surface area contributed by atoms with Gasteiger partial charge in [-0.2, -0.15) is 0 Å². The fourth-order valence-electron chi connectivity index (χ4n) is 1.99. The molecule has 1 aliphatic heterocycles. The SMILES string of the molecule is CC(F)(F)[C@H]1CCCN(C(=O)CCC(=O)O)C1. The second-order valence-electron chi connectivity index (χ2n) is 4.53. The largest absolute Gasteiger partial charge is 0.481 e. The molecule has 1 heterocycles. The summed E-state index contributed by atoms with van der Waals surface area (Å²) >= 11 is 0. The minimum Gasteiger partial charge on any atom is -0.481 e. The number of likely N-dealkylation sites (tertiary alicyclic amines) is 1. The van der Waals surface area contributed by atoms with Crippen LogP contribution in [0, 0.1) is 5.92 Å². The molecule has 1 amide bonds. The zero-order valence-corrected chi connectivity index (χ0v) is 9.79. The Morgan fingerprint density at radius 1 is 1.41 bits per heavy atom. The van der Waals surface area contributed by atoms with Gasteiger partial charge in [-0.15, -0.1) is 0 Å². The molecule has 1 rings (SSSR count). The van der Waals surface area contributed by atoms with Crippen molar-refractivity contribution in [3.63, 3.8) is 0 Å². The minimum absolute atomic E-state index is 0.0297. The summed E-state index contributed by atoms with van der Waals surface area (Å²) < 4.78 is 26.3. The van der Waals surface area contributed by atoms with Crippen LogP contribution in [0.4, 0.5) is 8.78 Å². The fourth-order valence-corrected chi connectivity index (χ4v) is 1.99. The highest BCUT2D eigenvalue weighted by Crippen LogP contribution is 2.31. The minimum atomic E-state index is -2.79. The normalized spacial score (nSPS) is 21.4. The fraction of sp³-hybridized carbons (Fsp3) is 0.818. The van der Waals surface area contributed by atoms with Crippen LogP contribution in [0.15, 0.2) is 0 Å². The highest BCUT2D eigenvalue weighted by atomic mass is 19.3. The molecule has 98 valence electrons. The molecule has 0 unspecified atom stereocenters. The lowest BCUT2D eigenvalue weighted by atomic mass is 9.92. The second kappa shape index (κ2) is 5.42. The predicted octanol–water partition coefficient (Wildman–Crippen LogP) is 1.75. The van der Waals surface area contributed by atoms with Gasteiger partial charge in [0.15, 0.2) is 0 Å². The molecule has 1 atom stereocenters. The first-order valence-electron chi connectivity index (χ1n) is 5.68. The van der Waals surface area contributed by atoms with Crippen molar-refractivity contribution in [3.05, 3.63) is 0 Å². The van der Waals surface area contributed by atoms with E-state index in [0.717, 1.165) is 6.92 Å². The maximum absolute atomic E-state index is 13.1. The number of carboxylic acid groups (broad SMARTS) is 1. The Labute approximate surface area is 98.6 Å². The van der Waals surface area contributed by atoms with Gasteiger partial charge in [0.05, 0.1) is 6.42 Å². The lowest BCUT2D eigenvalue weighted by molar-refractivity contribution is -0.143. The number of carbonyl (C=O) groups is 2. The molecule has 1 fully saturated rings. The lowest BCUT2D eigenvalue weighted by Crippen LogP contribution is -2.45. The number of halogens is 2. The number of aliphatic carboxylic acids is 1. The second-order valence-corrected chi connectivity index (χ2v) is 4.53. The quantitative estimate of drug-likeness (QED) is 0.825. The molecule has 0 aromatic carbocycles. The van der Waals surface area contributed by atoms with Gasteiger partial charge in [0.1, 0.15) is 0 Å². The zero-order valence-electron chi connectivity index (χ0n) is 9.79. The van der Waals surface area contributed by atoms with E-state index in [1.54, 1.807) is 0 Å². The van der Waals surface area contributed by atoms with Crippen molar-refractivity contribution in [2.75, 3.05) is 13.1 Å². The average molecular weight is 249 g/mol. The van der Waals surface area contributed by atoms with Crippen LogP contribution in [-0.2, 0) is 9.59 Å². The third-order valence-corrected chi connectivity index (χ3v) is 3.04. The van der Waals surface area contributed by atoms with Crippen LogP contribution in [0.25, 0.3) is 0 Å². The van der Waals surface area contributed by atoms with Gasteiger partial charge >= 0.3 is 5.97 Å². The van der Waals surface area contributed by atoms with E-state index in [4.69, 9.17) is 5.11 Å². The van der Waals surface area contributed by atoms with E-state index in [1.807, 2.05) is 0 Å². The number of alkyl halides is 2. The molecule has 0 bridgehead atoms. The van der Waals surface area contributed by atoms with Crippen LogP contribution in [0.1, 0.15) is 32.6 Å². The van der Waals surface area contributed by atoms with Crippen LogP contribution in [-0.4, -0.2) is 40.9 Å². The van der Waals surface area contributed by atoms with Crippen molar-refractivity contribution in [1.82, 2.24) is 4.90 Å². The molecule has 0 spiro atoms. The standard InChI is InChI=1S/C11H17F2NO3/c1-11(12,13)8-3-2-6-14(7-8)9(15)4-5-10(16)17/h8H,2-7H2,1H3,(H,16,17)/t8-/m0/s1. The Balaban J connectivity index is 2.49. The molecule has 0 aromatic heterocycles. The van der Waals surface area contributed by atoms with Gasteiger partial charge in [0, 0.05) is 25.4 Å². The number of carbonyl (C=O) groups excluding carboxylic acids is 1. The molecular formula is C11H17F2NO3. The first-order chi connectivity index (χ1) is 7.80. The van der Waals surface area contributed by atoms with Crippen molar-refractivity contribution in [2.45, 2.75) is 38.5 Å². The lowest BCUT2D eigenvalue weighted by Gasteiger charge is -2.35. The van der Waals surface area contributed by atoms with E-state index < -0.39 is 17.8 Å². The van der Waals surface area contributed by atoms with Crippen LogP contribution >= 0.6 is 0 Å². The molecular weight excluding hydrogens is 232 g/mol. The maximum atomic E-state index is 13.1. The van der Waals surface area contributed by atoms with E-state index in [9.17, 15) is 18.4 Å². The number of carboxylic acids is 1. The van der Waals surface area contributed by atoms with Crippen LogP contribution < -0.4 is 0 Å². The van der Waals surface area contributed by atoms with Crippen molar-refractivity contribution in [3.8, 4) is 0 Å². The van der Waals surface area contributed by atoms with Crippen molar-refractivity contribution in [2.24, 2.45) is 5.92 Å². The van der Waals surface area contributed by atoms with Crippen molar-refractivity contribution >= 4 is 11.9 Å². The van der Waals surface area contributed by atoms with Crippen LogP contribution in [0.2, 0.25) is 0 Å². The molecule has 1 aliphatic rings. The molecule has 0 saturated carbocycles. The Bertz CT molecular complexity index is 302. The van der Waals surface area contributed by atoms with Gasteiger partial charge in [-0.05, 0) is 19.8 Å². The third-order valence-electron chi connectivity index (χ3n) is 3.04. The average Bonchev–Trinajstić information content (AvgIpc) is 2.25. The smallest absolute Gasteiger partial charge is 0.303 e. The summed E-state index contributed by atoms with van der Waals surface area (Å²) in [5.41, 5.74) is 0. The number of rotatable bonds is 4. The van der Waals surface area contributed by atoms with Gasteiger partial charge in [0.25, 0.3) is 0 Å². The number of amides is 1. The van der Waals surface area contributed by atoms with Crippen molar-refractivity contribution < 1.29 is 23.5 Å². The van der Waals surface area contributed by atoms with E-state index in [0.29, 0.717) is 19.4 Å². The van der Waals surface area contributed by atoms with Crippen LogP contribution in [0.3, 0.4) is 0 Å². The summed E-state index contributed by atoms with van der Waals surface area (Å²) in [7, 11) is 0. The first-order valence-corrected chi connectivity index (χ1v) is 5.68. The van der Waals surface area contributed by atoms with Gasteiger partial charge in [-0.3, -0.25) is 9.59 Å². The first kappa shape index (κ1) is 13.9. The Morgan fingerprint density at radius 3 is 2.59 bits per heavy atom. The molecule has 17 heavy (non-hydrogen) atoms. The monoisotopic (exact) mass is 249 g/mol. The number of hydrogen-bond donors (Lipinski definition) is 1. The van der Waals surface area contributed by atoms with E-state index in [2.05, 4.69) is 0 Å². The van der Waals surface area contributed by atoms with Gasteiger partial charge in [0.2, 0.25) is 11.8 Å². The highest BCUT2D eigenvalue weighted by molar-refractivity contribution is 5.80. The van der Waals surface area contributed by atoms with Gasteiger partial charge in [-0.25, -0.2) is 8.78 Å². The van der Waals surface area contributed by atoms with Crippen molar-refractivity contribution in [1.29, 1.82) is 0 Å². The molecule has 4 nitrogen and oxygen atoms in total.